The highest BCUT2D eigenvalue weighted by molar-refractivity contribution is 5.51. The molecule has 1 fully saturated rings. The fraction of sp³-hybridized carbons (Fsp3) is 0.643. The second kappa shape index (κ2) is 6.51. The van der Waals surface area contributed by atoms with Crippen LogP contribution in [0.5, 0.6) is 0 Å². The summed E-state index contributed by atoms with van der Waals surface area (Å²) in [5.74, 6) is 5.57. The van der Waals surface area contributed by atoms with E-state index in [0.717, 1.165) is 37.8 Å². The zero-order valence-electron chi connectivity index (χ0n) is 12.1. The summed E-state index contributed by atoms with van der Waals surface area (Å²) in [6, 6.07) is 2.24. The summed E-state index contributed by atoms with van der Waals surface area (Å²) in [6.45, 7) is 0. The first-order valence-corrected chi connectivity index (χ1v) is 7.20. The zero-order chi connectivity index (χ0) is 15.5. The number of pyridine rings is 1. The topological polar surface area (TPSA) is 54.2 Å². The van der Waals surface area contributed by atoms with Crippen molar-refractivity contribution in [1.82, 2.24) is 4.98 Å². The average molecular weight is 302 g/mol. The smallest absolute Gasteiger partial charge is 0.357 e. The summed E-state index contributed by atoms with van der Waals surface area (Å²) in [7, 11) is 1.80. The van der Waals surface area contributed by atoms with E-state index in [4.69, 9.17) is 5.84 Å². The predicted octanol–water partition coefficient (Wildman–Crippen LogP) is 3.55. The van der Waals surface area contributed by atoms with Gasteiger partial charge in [0, 0.05) is 13.1 Å². The number of aromatic nitrogens is 1. The number of rotatable bonds is 3. The van der Waals surface area contributed by atoms with Gasteiger partial charge in [-0.15, -0.1) is 0 Å². The largest absolute Gasteiger partial charge is 0.416 e. The molecular formula is C14H21F3N4. The van der Waals surface area contributed by atoms with Crippen molar-refractivity contribution in [3.05, 3.63) is 17.7 Å². The highest BCUT2D eigenvalue weighted by atomic mass is 19.4. The van der Waals surface area contributed by atoms with Gasteiger partial charge in [0.05, 0.1) is 5.56 Å². The molecule has 1 aromatic rings. The highest BCUT2D eigenvalue weighted by Crippen LogP contribution is 2.33. The Labute approximate surface area is 122 Å². The lowest BCUT2D eigenvalue weighted by Crippen LogP contribution is -2.32. The summed E-state index contributed by atoms with van der Waals surface area (Å²) in [4.78, 5) is 6.01. The fourth-order valence-electron chi connectivity index (χ4n) is 2.77. The van der Waals surface area contributed by atoms with Gasteiger partial charge in [-0.2, -0.15) is 13.2 Å². The first-order valence-electron chi connectivity index (χ1n) is 7.20. The minimum absolute atomic E-state index is 0.0281. The van der Waals surface area contributed by atoms with E-state index in [0.29, 0.717) is 5.82 Å². The molecule has 1 heterocycles. The predicted molar refractivity (Wildman–Crippen MR) is 76.9 cm³/mol. The highest BCUT2D eigenvalue weighted by Gasteiger charge is 2.32. The number of hydrazine groups is 1. The molecule has 0 atom stereocenters. The van der Waals surface area contributed by atoms with Crippen molar-refractivity contribution in [2.24, 2.45) is 5.84 Å². The summed E-state index contributed by atoms with van der Waals surface area (Å²) >= 11 is 0. The van der Waals surface area contributed by atoms with Crippen molar-refractivity contribution < 1.29 is 13.2 Å². The Morgan fingerprint density at radius 2 is 1.81 bits per heavy atom. The molecule has 1 aromatic heterocycles. The number of nitrogen functional groups attached to an aromatic ring is 1. The van der Waals surface area contributed by atoms with E-state index < -0.39 is 11.7 Å². The fourth-order valence-corrected chi connectivity index (χ4v) is 2.77. The summed E-state index contributed by atoms with van der Waals surface area (Å²) in [5, 5.41) is 0. The third kappa shape index (κ3) is 4.00. The molecule has 0 aliphatic heterocycles. The monoisotopic (exact) mass is 302 g/mol. The van der Waals surface area contributed by atoms with Gasteiger partial charge in [-0.05, 0) is 25.0 Å². The van der Waals surface area contributed by atoms with E-state index in [9.17, 15) is 13.2 Å². The molecule has 1 aliphatic carbocycles. The molecule has 0 bridgehead atoms. The number of anilines is 2. The molecule has 0 aromatic carbocycles. The molecule has 0 spiro atoms. The van der Waals surface area contributed by atoms with Crippen molar-refractivity contribution in [2.75, 3.05) is 17.4 Å². The Morgan fingerprint density at radius 1 is 1.19 bits per heavy atom. The van der Waals surface area contributed by atoms with Crippen molar-refractivity contribution >= 4 is 11.6 Å². The molecule has 21 heavy (non-hydrogen) atoms. The minimum atomic E-state index is -4.41. The van der Waals surface area contributed by atoms with Crippen molar-refractivity contribution in [1.29, 1.82) is 0 Å². The van der Waals surface area contributed by atoms with Gasteiger partial charge in [0.2, 0.25) is 0 Å². The molecule has 0 amide bonds. The van der Waals surface area contributed by atoms with Crippen LogP contribution in [0.1, 0.15) is 44.1 Å². The zero-order valence-corrected chi connectivity index (χ0v) is 12.1. The Hall–Kier alpha value is -1.50. The second-order valence-electron chi connectivity index (χ2n) is 5.50. The standard InChI is InChI=1S/C14H21F3N4/c1-21(11-6-4-2-3-5-7-11)13-9-10(14(15,16)17)8-12(19-13)20-18/h8-9,11H,2-7,18H2,1H3,(H,19,20). The molecule has 7 heteroatoms. The summed E-state index contributed by atoms with van der Waals surface area (Å²) in [5.41, 5.74) is 1.48. The van der Waals surface area contributed by atoms with Gasteiger partial charge in [0.1, 0.15) is 11.6 Å². The first-order chi connectivity index (χ1) is 9.91. The van der Waals surface area contributed by atoms with Crippen LogP contribution in [0, 0.1) is 0 Å². The van der Waals surface area contributed by atoms with Crippen LogP contribution < -0.4 is 16.2 Å². The van der Waals surface area contributed by atoms with E-state index >= 15 is 0 Å². The number of nitrogens with two attached hydrogens (primary N) is 1. The maximum absolute atomic E-state index is 12.9. The molecule has 4 nitrogen and oxygen atoms in total. The lowest BCUT2D eigenvalue weighted by atomic mass is 10.1. The van der Waals surface area contributed by atoms with E-state index in [1.165, 1.54) is 12.8 Å². The maximum Gasteiger partial charge on any atom is 0.416 e. The van der Waals surface area contributed by atoms with Crippen molar-refractivity contribution in [2.45, 2.75) is 50.7 Å². The van der Waals surface area contributed by atoms with Crippen molar-refractivity contribution in [3.63, 3.8) is 0 Å². The van der Waals surface area contributed by atoms with Gasteiger partial charge < -0.3 is 10.3 Å². The molecule has 3 N–H and O–H groups in total. The molecule has 0 unspecified atom stereocenters. The molecule has 1 aliphatic rings. The molecule has 0 saturated heterocycles. The van der Waals surface area contributed by atoms with Gasteiger partial charge in [-0.1, -0.05) is 25.7 Å². The second-order valence-corrected chi connectivity index (χ2v) is 5.50. The molecule has 118 valence electrons. The average Bonchev–Trinajstić information content (AvgIpc) is 2.74. The third-order valence-corrected chi connectivity index (χ3v) is 4.02. The lowest BCUT2D eigenvalue weighted by molar-refractivity contribution is -0.137. The number of nitrogens with one attached hydrogen (secondary N) is 1. The minimum Gasteiger partial charge on any atom is -0.357 e. The number of hydrogen-bond acceptors (Lipinski definition) is 4. The van der Waals surface area contributed by atoms with Crippen LogP contribution in [0.2, 0.25) is 0 Å². The molecule has 1 saturated carbocycles. The van der Waals surface area contributed by atoms with E-state index in [-0.39, 0.29) is 11.9 Å². The van der Waals surface area contributed by atoms with Gasteiger partial charge in [-0.3, -0.25) is 0 Å². The van der Waals surface area contributed by atoms with Crippen LogP contribution in [0.25, 0.3) is 0 Å². The van der Waals surface area contributed by atoms with Gasteiger partial charge in [0.25, 0.3) is 0 Å². The number of hydrogen-bond donors (Lipinski definition) is 2. The Morgan fingerprint density at radius 3 is 2.33 bits per heavy atom. The Bertz CT molecular complexity index is 468. The van der Waals surface area contributed by atoms with Gasteiger partial charge in [-0.25, -0.2) is 10.8 Å². The van der Waals surface area contributed by atoms with Gasteiger partial charge in [0.15, 0.2) is 0 Å². The Kier molecular flexibility index (Phi) is 4.92. The first kappa shape index (κ1) is 15.9. The van der Waals surface area contributed by atoms with Crippen LogP contribution in [-0.4, -0.2) is 18.1 Å². The van der Waals surface area contributed by atoms with Crippen LogP contribution in [0.4, 0.5) is 24.8 Å². The quantitative estimate of drug-likeness (QED) is 0.509. The number of alkyl halides is 3. The molecule has 2 rings (SSSR count). The summed E-state index contributed by atoms with van der Waals surface area (Å²) < 4.78 is 38.8. The Balaban J connectivity index is 2.28. The summed E-state index contributed by atoms with van der Waals surface area (Å²) in [6.07, 6.45) is 2.16. The van der Waals surface area contributed by atoms with Crippen LogP contribution in [-0.2, 0) is 6.18 Å². The van der Waals surface area contributed by atoms with Gasteiger partial charge >= 0.3 is 6.18 Å². The van der Waals surface area contributed by atoms with Crippen LogP contribution in [0.3, 0.4) is 0 Å². The number of halogens is 3. The van der Waals surface area contributed by atoms with Crippen LogP contribution in [0.15, 0.2) is 12.1 Å². The SMILES string of the molecule is CN(c1cc(C(F)(F)F)cc(NN)n1)C1CCCCCC1. The maximum atomic E-state index is 12.9. The van der Waals surface area contributed by atoms with E-state index in [1.54, 1.807) is 7.05 Å². The third-order valence-electron chi connectivity index (χ3n) is 4.02. The van der Waals surface area contributed by atoms with Crippen LogP contribution >= 0.6 is 0 Å². The molecular weight excluding hydrogens is 281 g/mol. The molecule has 0 radical (unpaired) electrons. The number of nitrogens with zero attached hydrogens (tertiary/aromatic N) is 2. The van der Waals surface area contributed by atoms with E-state index in [1.807, 2.05) is 4.90 Å². The lowest BCUT2D eigenvalue weighted by Gasteiger charge is -2.29. The normalized spacial score (nSPS) is 17.4. The van der Waals surface area contributed by atoms with Crippen molar-refractivity contribution in [3.8, 4) is 0 Å². The van der Waals surface area contributed by atoms with E-state index in [2.05, 4.69) is 10.4 Å².